The zero-order valence-electron chi connectivity index (χ0n) is 9.21. The second kappa shape index (κ2) is 3.58. The molecular formula is C13H18N2. The fraction of sp³-hybridized carbons (Fsp3) is 0.692. The molecular weight excluding hydrogens is 184 g/mol. The van der Waals surface area contributed by atoms with Crippen LogP contribution in [0.15, 0.2) is 22.1 Å². The van der Waals surface area contributed by atoms with Crippen LogP contribution in [0.5, 0.6) is 0 Å². The number of hydrogen-bond donors (Lipinski definition) is 0. The summed E-state index contributed by atoms with van der Waals surface area (Å²) in [7, 11) is 0. The van der Waals surface area contributed by atoms with Crippen molar-refractivity contribution in [2.24, 2.45) is 27.7 Å². The largest absolute Gasteiger partial charge is 0.291 e. The smallest absolute Gasteiger partial charge is 0.0787 e. The first kappa shape index (κ1) is 9.32. The minimum Gasteiger partial charge on any atom is -0.291 e. The molecule has 0 radical (unpaired) electrons. The first-order valence-electron chi connectivity index (χ1n) is 6.08. The maximum Gasteiger partial charge on any atom is 0.0787 e. The van der Waals surface area contributed by atoms with Gasteiger partial charge < -0.3 is 0 Å². The molecule has 2 heterocycles. The molecule has 15 heavy (non-hydrogen) atoms. The van der Waals surface area contributed by atoms with Gasteiger partial charge in [-0.15, -0.1) is 0 Å². The normalized spacial score (nSPS) is 47.4. The Bertz CT molecular complexity index is 329. The summed E-state index contributed by atoms with van der Waals surface area (Å²) in [4.78, 5) is 9.40. The lowest BCUT2D eigenvalue weighted by Crippen LogP contribution is -2.42. The summed E-state index contributed by atoms with van der Waals surface area (Å²) < 4.78 is 0. The van der Waals surface area contributed by atoms with Gasteiger partial charge in [0, 0.05) is 18.1 Å². The van der Waals surface area contributed by atoms with E-state index < -0.39 is 0 Å². The van der Waals surface area contributed by atoms with Crippen LogP contribution in [0.4, 0.5) is 0 Å². The Balaban J connectivity index is 1.91. The fourth-order valence-electron chi connectivity index (χ4n) is 3.10. The molecule has 0 N–H and O–H groups in total. The van der Waals surface area contributed by atoms with Crippen molar-refractivity contribution in [3.05, 3.63) is 12.2 Å². The van der Waals surface area contributed by atoms with Gasteiger partial charge in [0.2, 0.25) is 0 Å². The van der Waals surface area contributed by atoms with Gasteiger partial charge in [0.15, 0.2) is 0 Å². The molecule has 0 spiro atoms. The van der Waals surface area contributed by atoms with Gasteiger partial charge in [-0.2, -0.15) is 0 Å². The Morgan fingerprint density at radius 1 is 1.07 bits per heavy atom. The lowest BCUT2D eigenvalue weighted by Gasteiger charge is -2.39. The van der Waals surface area contributed by atoms with E-state index in [0.717, 1.165) is 6.42 Å². The molecule has 0 saturated carbocycles. The zero-order chi connectivity index (χ0) is 10.3. The van der Waals surface area contributed by atoms with Crippen LogP contribution in [-0.4, -0.2) is 24.5 Å². The Kier molecular flexibility index (Phi) is 2.23. The SMILES string of the molecule is CC1C=NC2C(C=CC3CCC=NC32)C1. The summed E-state index contributed by atoms with van der Waals surface area (Å²) in [6.07, 6.45) is 12.7. The van der Waals surface area contributed by atoms with E-state index in [1.165, 1.54) is 12.8 Å². The predicted octanol–water partition coefficient (Wildman–Crippen LogP) is 2.50. The quantitative estimate of drug-likeness (QED) is 0.539. The van der Waals surface area contributed by atoms with E-state index in [2.05, 4.69) is 36.5 Å². The minimum atomic E-state index is 0.438. The van der Waals surface area contributed by atoms with Crippen LogP contribution < -0.4 is 0 Å². The Labute approximate surface area is 91.2 Å². The van der Waals surface area contributed by atoms with E-state index in [1.807, 2.05) is 0 Å². The van der Waals surface area contributed by atoms with Gasteiger partial charge in [0.1, 0.15) is 0 Å². The third kappa shape index (κ3) is 1.56. The van der Waals surface area contributed by atoms with E-state index >= 15 is 0 Å². The summed E-state index contributed by atoms with van der Waals surface area (Å²) in [5.41, 5.74) is 0. The third-order valence-electron chi connectivity index (χ3n) is 3.90. The number of nitrogens with zero attached hydrogens (tertiary/aromatic N) is 2. The van der Waals surface area contributed by atoms with E-state index in [1.54, 1.807) is 0 Å². The van der Waals surface area contributed by atoms with Crippen LogP contribution in [0.2, 0.25) is 0 Å². The maximum atomic E-state index is 4.73. The monoisotopic (exact) mass is 202 g/mol. The van der Waals surface area contributed by atoms with Crippen molar-refractivity contribution in [2.45, 2.75) is 38.3 Å². The molecule has 0 bridgehead atoms. The fourth-order valence-corrected chi connectivity index (χ4v) is 3.10. The van der Waals surface area contributed by atoms with Gasteiger partial charge in [0.05, 0.1) is 12.1 Å². The molecule has 5 unspecified atom stereocenters. The molecule has 0 saturated heterocycles. The van der Waals surface area contributed by atoms with Gasteiger partial charge in [-0.05, 0) is 31.4 Å². The average Bonchev–Trinajstić information content (AvgIpc) is 2.28. The van der Waals surface area contributed by atoms with E-state index in [-0.39, 0.29) is 0 Å². The zero-order valence-corrected chi connectivity index (χ0v) is 9.21. The molecule has 2 nitrogen and oxygen atoms in total. The van der Waals surface area contributed by atoms with Crippen LogP contribution in [0.1, 0.15) is 26.2 Å². The molecule has 2 heteroatoms. The molecule has 0 amide bonds. The Morgan fingerprint density at radius 2 is 1.87 bits per heavy atom. The Morgan fingerprint density at radius 3 is 2.80 bits per heavy atom. The predicted molar refractivity (Wildman–Crippen MR) is 63.7 cm³/mol. The lowest BCUT2D eigenvalue weighted by molar-refractivity contribution is 0.294. The van der Waals surface area contributed by atoms with Gasteiger partial charge in [-0.1, -0.05) is 19.1 Å². The van der Waals surface area contributed by atoms with Crippen molar-refractivity contribution in [3.8, 4) is 0 Å². The van der Waals surface area contributed by atoms with Crippen molar-refractivity contribution in [2.75, 3.05) is 0 Å². The number of hydrogen-bond acceptors (Lipinski definition) is 2. The summed E-state index contributed by atoms with van der Waals surface area (Å²) >= 11 is 0. The first-order valence-corrected chi connectivity index (χ1v) is 6.08. The van der Waals surface area contributed by atoms with Crippen molar-refractivity contribution in [3.63, 3.8) is 0 Å². The molecule has 5 atom stereocenters. The average molecular weight is 202 g/mol. The maximum absolute atomic E-state index is 4.73. The summed E-state index contributed by atoms with van der Waals surface area (Å²) in [6.45, 7) is 2.25. The molecule has 0 aromatic heterocycles. The Hall–Kier alpha value is -0.920. The standard InChI is InChI=1S/C13H18N2/c1-9-7-11-5-4-10-3-2-6-14-12(10)13(11)15-8-9/h4-6,8-13H,2-3,7H2,1H3. The van der Waals surface area contributed by atoms with Crippen molar-refractivity contribution in [1.29, 1.82) is 0 Å². The van der Waals surface area contributed by atoms with Gasteiger partial charge in [-0.3, -0.25) is 9.98 Å². The van der Waals surface area contributed by atoms with Crippen LogP contribution in [0.3, 0.4) is 0 Å². The van der Waals surface area contributed by atoms with E-state index in [0.29, 0.717) is 29.8 Å². The number of fused-ring (bicyclic) bond motifs is 3. The van der Waals surface area contributed by atoms with Crippen molar-refractivity contribution >= 4 is 12.4 Å². The summed E-state index contributed by atoms with van der Waals surface area (Å²) in [5, 5.41) is 0. The second-order valence-corrected chi connectivity index (χ2v) is 5.11. The third-order valence-corrected chi connectivity index (χ3v) is 3.90. The highest BCUT2D eigenvalue weighted by molar-refractivity contribution is 5.63. The van der Waals surface area contributed by atoms with E-state index in [9.17, 15) is 0 Å². The van der Waals surface area contributed by atoms with Crippen LogP contribution >= 0.6 is 0 Å². The second-order valence-electron chi connectivity index (χ2n) is 5.11. The highest BCUT2D eigenvalue weighted by Crippen LogP contribution is 2.37. The van der Waals surface area contributed by atoms with Gasteiger partial charge in [-0.25, -0.2) is 0 Å². The van der Waals surface area contributed by atoms with Crippen LogP contribution in [0, 0.1) is 17.8 Å². The van der Waals surface area contributed by atoms with Gasteiger partial charge >= 0.3 is 0 Å². The number of aliphatic imine (C=N–C) groups is 2. The molecule has 1 aliphatic carbocycles. The summed E-state index contributed by atoms with van der Waals surface area (Å²) in [5.74, 6) is 1.93. The molecule has 0 aromatic carbocycles. The lowest BCUT2D eigenvalue weighted by atomic mass is 9.73. The van der Waals surface area contributed by atoms with Crippen molar-refractivity contribution in [1.82, 2.24) is 0 Å². The molecule has 3 rings (SSSR count). The molecule has 3 aliphatic rings. The molecule has 0 aromatic rings. The highest BCUT2D eigenvalue weighted by atomic mass is 14.9. The van der Waals surface area contributed by atoms with E-state index in [4.69, 9.17) is 4.99 Å². The van der Waals surface area contributed by atoms with Crippen molar-refractivity contribution < 1.29 is 0 Å². The van der Waals surface area contributed by atoms with Gasteiger partial charge in [0.25, 0.3) is 0 Å². The first-order chi connectivity index (χ1) is 7.34. The number of rotatable bonds is 0. The highest BCUT2D eigenvalue weighted by Gasteiger charge is 2.38. The van der Waals surface area contributed by atoms with Crippen LogP contribution in [-0.2, 0) is 0 Å². The minimum absolute atomic E-state index is 0.438. The topological polar surface area (TPSA) is 24.7 Å². The summed E-state index contributed by atoms with van der Waals surface area (Å²) in [6, 6.07) is 0.880. The molecule has 80 valence electrons. The molecule has 2 aliphatic heterocycles. The van der Waals surface area contributed by atoms with Crippen LogP contribution in [0.25, 0.3) is 0 Å². The molecule has 0 fully saturated rings.